The number of aryl methyl sites for hydroxylation is 1. The van der Waals surface area contributed by atoms with E-state index in [9.17, 15) is 8.42 Å². The highest BCUT2D eigenvalue weighted by atomic mass is 32.2. The van der Waals surface area contributed by atoms with Crippen LogP contribution in [0.2, 0.25) is 5.04 Å². The van der Waals surface area contributed by atoms with Gasteiger partial charge in [-0.15, -0.1) is 0 Å². The standard InChI is InChI=1S/C25H30O4SSi/c1-21-15-17-22(18-16-21)30(26,27)28-19-20-29-31(25(2,3)4,23-11-7-5-8-12-23)24-13-9-6-10-14-24/h5-18H,19-20H2,1-4H3. The van der Waals surface area contributed by atoms with Crippen molar-refractivity contribution in [3.8, 4) is 0 Å². The van der Waals surface area contributed by atoms with Crippen LogP contribution >= 0.6 is 0 Å². The Morgan fingerprint density at radius 3 is 1.68 bits per heavy atom. The van der Waals surface area contributed by atoms with E-state index in [1.807, 2.05) is 43.3 Å². The predicted molar refractivity (Wildman–Crippen MR) is 128 cm³/mol. The number of hydrogen-bond donors (Lipinski definition) is 0. The summed E-state index contributed by atoms with van der Waals surface area (Å²) in [5.74, 6) is 0. The highest BCUT2D eigenvalue weighted by molar-refractivity contribution is 7.86. The zero-order valence-electron chi connectivity index (χ0n) is 18.5. The molecule has 0 bridgehead atoms. The molecule has 0 unspecified atom stereocenters. The summed E-state index contributed by atoms with van der Waals surface area (Å²) in [6.45, 7) is 8.60. The Kier molecular flexibility index (Phi) is 7.16. The topological polar surface area (TPSA) is 52.6 Å². The Hall–Kier alpha value is -2.25. The van der Waals surface area contributed by atoms with Crippen molar-refractivity contribution in [2.24, 2.45) is 0 Å². The second kappa shape index (κ2) is 9.49. The number of hydrogen-bond acceptors (Lipinski definition) is 4. The van der Waals surface area contributed by atoms with E-state index < -0.39 is 18.4 Å². The summed E-state index contributed by atoms with van der Waals surface area (Å²) in [7, 11) is -6.53. The summed E-state index contributed by atoms with van der Waals surface area (Å²) >= 11 is 0. The van der Waals surface area contributed by atoms with Crippen molar-refractivity contribution in [2.45, 2.75) is 37.6 Å². The average molecular weight is 455 g/mol. The lowest BCUT2D eigenvalue weighted by Gasteiger charge is -2.43. The first-order valence-corrected chi connectivity index (χ1v) is 13.7. The van der Waals surface area contributed by atoms with Gasteiger partial charge in [0.15, 0.2) is 0 Å². The van der Waals surface area contributed by atoms with Crippen molar-refractivity contribution in [1.82, 2.24) is 0 Å². The van der Waals surface area contributed by atoms with Crippen LogP contribution in [-0.2, 0) is 18.7 Å². The minimum Gasteiger partial charge on any atom is -0.405 e. The zero-order chi connectivity index (χ0) is 22.5. The first kappa shape index (κ1) is 23.4. The Labute approximate surface area is 187 Å². The van der Waals surface area contributed by atoms with Gasteiger partial charge in [-0.2, -0.15) is 8.42 Å². The normalized spacial score (nSPS) is 12.6. The van der Waals surface area contributed by atoms with Crippen LogP contribution in [0.1, 0.15) is 26.3 Å². The van der Waals surface area contributed by atoms with Crippen molar-refractivity contribution in [1.29, 1.82) is 0 Å². The van der Waals surface area contributed by atoms with E-state index in [0.717, 1.165) is 15.9 Å². The fourth-order valence-electron chi connectivity index (χ4n) is 3.87. The van der Waals surface area contributed by atoms with Crippen molar-refractivity contribution in [2.75, 3.05) is 13.2 Å². The summed E-state index contributed by atoms with van der Waals surface area (Å²) in [4.78, 5) is 0.156. The van der Waals surface area contributed by atoms with Gasteiger partial charge in [0, 0.05) is 0 Å². The molecule has 0 amide bonds. The molecule has 4 nitrogen and oxygen atoms in total. The Bertz CT molecular complexity index is 1030. The summed E-state index contributed by atoms with van der Waals surface area (Å²) < 4.78 is 37.0. The van der Waals surface area contributed by atoms with E-state index in [1.165, 1.54) is 0 Å². The Balaban J connectivity index is 1.85. The highest BCUT2D eigenvalue weighted by Gasteiger charge is 2.50. The average Bonchev–Trinajstić information content (AvgIpc) is 2.74. The van der Waals surface area contributed by atoms with Crippen LogP contribution < -0.4 is 10.4 Å². The molecule has 0 aliphatic rings. The van der Waals surface area contributed by atoms with Gasteiger partial charge >= 0.3 is 0 Å². The summed E-state index contributed by atoms with van der Waals surface area (Å²) in [5, 5.41) is 2.12. The smallest absolute Gasteiger partial charge is 0.297 e. The number of rotatable bonds is 8. The van der Waals surface area contributed by atoms with E-state index in [4.69, 9.17) is 8.61 Å². The molecule has 0 radical (unpaired) electrons. The van der Waals surface area contributed by atoms with E-state index in [-0.39, 0.29) is 23.1 Å². The molecule has 0 saturated carbocycles. The molecule has 0 N–H and O–H groups in total. The molecule has 3 aromatic rings. The zero-order valence-corrected chi connectivity index (χ0v) is 20.4. The predicted octanol–water partition coefficient (Wildman–Crippen LogP) is 4.28. The Morgan fingerprint density at radius 1 is 0.742 bits per heavy atom. The quantitative estimate of drug-likeness (QED) is 0.290. The van der Waals surface area contributed by atoms with E-state index in [0.29, 0.717) is 0 Å². The molecule has 0 aliphatic carbocycles. The molecule has 3 rings (SSSR count). The van der Waals surface area contributed by atoms with Crippen molar-refractivity contribution in [3.05, 3.63) is 90.5 Å². The second-order valence-corrected chi connectivity index (χ2v) is 14.5. The molecule has 3 aromatic carbocycles. The van der Waals surface area contributed by atoms with Gasteiger partial charge in [0.25, 0.3) is 18.4 Å². The van der Waals surface area contributed by atoms with Crippen molar-refractivity contribution < 1.29 is 17.0 Å². The van der Waals surface area contributed by atoms with Gasteiger partial charge in [0.05, 0.1) is 18.1 Å². The van der Waals surface area contributed by atoms with Gasteiger partial charge < -0.3 is 4.43 Å². The van der Waals surface area contributed by atoms with Crippen LogP contribution in [0.15, 0.2) is 89.8 Å². The molecule has 0 spiro atoms. The highest BCUT2D eigenvalue weighted by Crippen LogP contribution is 2.36. The first-order valence-electron chi connectivity index (χ1n) is 10.4. The minimum atomic E-state index is -3.82. The Morgan fingerprint density at radius 2 is 1.23 bits per heavy atom. The van der Waals surface area contributed by atoms with Gasteiger partial charge in [-0.25, -0.2) is 0 Å². The minimum absolute atomic E-state index is 0.0410. The third kappa shape index (κ3) is 5.15. The van der Waals surface area contributed by atoms with Crippen LogP contribution in [0.3, 0.4) is 0 Å². The van der Waals surface area contributed by atoms with Gasteiger partial charge in [-0.3, -0.25) is 4.18 Å². The molecule has 164 valence electrons. The van der Waals surface area contributed by atoms with E-state index in [2.05, 4.69) is 45.0 Å². The lowest BCUT2D eigenvalue weighted by atomic mass is 10.2. The van der Waals surface area contributed by atoms with E-state index >= 15 is 0 Å². The molecule has 31 heavy (non-hydrogen) atoms. The van der Waals surface area contributed by atoms with Crippen LogP contribution in [0.25, 0.3) is 0 Å². The van der Waals surface area contributed by atoms with Gasteiger partial charge in [-0.1, -0.05) is 99.1 Å². The molecule has 0 aliphatic heterocycles. The summed E-state index contributed by atoms with van der Waals surface area (Å²) in [6, 6.07) is 27.1. The van der Waals surface area contributed by atoms with Crippen LogP contribution in [0.5, 0.6) is 0 Å². The maximum Gasteiger partial charge on any atom is 0.297 e. The van der Waals surface area contributed by atoms with Crippen molar-refractivity contribution in [3.63, 3.8) is 0 Å². The molecule has 0 heterocycles. The lowest BCUT2D eigenvalue weighted by Crippen LogP contribution is -2.66. The molecule has 0 atom stereocenters. The first-order chi connectivity index (χ1) is 14.7. The molecule has 6 heteroatoms. The van der Waals surface area contributed by atoms with Gasteiger partial charge in [0.1, 0.15) is 0 Å². The van der Waals surface area contributed by atoms with Crippen LogP contribution in [-0.4, -0.2) is 29.9 Å². The fourth-order valence-corrected chi connectivity index (χ4v) is 9.31. The van der Waals surface area contributed by atoms with Gasteiger partial charge in [-0.05, 0) is 34.5 Å². The van der Waals surface area contributed by atoms with E-state index in [1.54, 1.807) is 24.3 Å². The van der Waals surface area contributed by atoms with Crippen LogP contribution in [0, 0.1) is 6.92 Å². The molecule has 0 saturated heterocycles. The third-order valence-corrected chi connectivity index (χ3v) is 11.7. The van der Waals surface area contributed by atoms with Crippen molar-refractivity contribution >= 4 is 28.8 Å². The van der Waals surface area contributed by atoms with Gasteiger partial charge in [0.2, 0.25) is 0 Å². The molecule has 0 aromatic heterocycles. The lowest BCUT2D eigenvalue weighted by molar-refractivity contribution is 0.212. The molecular weight excluding hydrogens is 424 g/mol. The molecule has 0 fully saturated rings. The SMILES string of the molecule is Cc1ccc(S(=O)(=O)OCCO[Si](c2ccccc2)(c2ccccc2)C(C)(C)C)cc1. The molecular formula is C25H30O4SSi. The fraction of sp³-hybridized carbons (Fsp3) is 0.280. The largest absolute Gasteiger partial charge is 0.405 e. The maximum absolute atomic E-state index is 12.5. The maximum atomic E-state index is 12.5. The summed E-state index contributed by atoms with van der Waals surface area (Å²) in [5.41, 5.74) is 0.994. The monoisotopic (exact) mass is 454 g/mol. The number of benzene rings is 3. The summed E-state index contributed by atoms with van der Waals surface area (Å²) in [6.07, 6.45) is 0. The second-order valence-electron chi connectivity index (χ2n) is 8.60. The van der Waals surface area contributed by atoms with Crippen LogP contribution in [0.4, 0.5) is 0 Å². The third-order valence-electron chi connectivity index (χ3n) is 5.37.